The molecule has 3 aromatic rings. The van der Waals surface area contributed by atoms with Gasteiger partial charge in [0.2, 0.25) is 0 Å². The minimum absolute atomic E-state index is 0.0234. The van der Waals surface area contributed by atoms with Crippen molar-refractivity contribution in [1.82, 2.24) is 0 Å². The van der Waals surface area contributed by atoms with E-state index in [0.717, 1.165) is 26.9 Å². The van der Waals surface area contributed by atoms with Crippen LogP contribution in [0.15, 0.2) is 84.3 Å². The monoisotopic (exact) mass is 544 g/mol. The van der Waals surface area contributed by atoms with Gasteiger partial charge >= 0.3 is 12.3 Å². The zero-order valence-electron chi connectivity index (χ0n) is 21.3. The number of halogens is 3. The van der Waals surface area contributed by atoms with E-state index in [4.69, 9.17) is 4.74 Å². The topological polar surface area (TPSA) is 66.9 Å². The molecule has 200 valence electrons. The molecule has 1 aliphatic rings. The molecule has 1 amide bonds. The summed E-state index contributed by atoms with van der Waals surface area (Å²) in [5, 5.41) is 0. The molecular formula is C28H27F3N2O4S. The number of fused-ring (bicyclic) bond motifs is 1. The summed E-state index contributed by atoms with van der Waals surface area (Å²) < 4.78 is 75.3. The highest BCUT2D eigenvalue weighted by molar-refractivity contribution is 7.93. The standard InChI is InChI=1S/C28H27F3N2O4S/c1-18-13-15-22(16-14-18)38(35,36)33-24-12-7-6-11-23(24)32(26(34)37-27(3,4)5)25(33)19(2)20-9-8-10-21(17-20)28(29,30)31/h6-17,25H,2H2,1,3-5H3. The summed E-state index contributed by atoms with van der Waals surface area (Å²) in [6.45, 7) is 10.8. The fraction of sp³-hybridized carbons (Fsp3) is 0.250. The number of benzene rings is 3. The second-order valence-electron chi connectivity index (χ2n) is 9.93. The van der Waals surface area contributed by atoms with Crippen molar-refractivity contribution in [3.63, 3.8) is 0 Å². The Bertz CT molecular complexity index is 1490. The van der Waals surface area contributed by atoms with Crippen molar-refractivity contribution in [1.29, 1.82) is 0 Å². The molecule has 1 aliphatic heterocycles. The predicted octanol–water partition coefficient (Wildman–Crippen LogP) is 7.00. The Balaban J connectivity index is 1.94. The maximum atomic E-state index is 14.1. The van der Waals surface area contributed by atoms with Crippen molar-refractivity contribution in [3.05, 3.63) is 96.1 Å². The molecule has 3 aromatic carbocycles. The van der Waals surface area contributed by atoms with Crippen LogP contribution in [0, 0.1) is 6.92 Å². The van der Waals surface area contributed by atoms with Gasteiger partial charge in [-0.15, -0.1) is 0 Å². The summed E-state index contributed by atoms with van der Waals surface area (Å²) >= 11 is 0. The Hall–Kier alpha value is -3.79. The molecule has 0 saturated carbocycles. The maximum absolute atomic E-state index is 14.1. The summed E-state index contributed by atoms with van der Waals surface area (Å²) in [5.41, 5.74) is -0.650. The van der Waals surface area contributed by atoms with Gasteiger partial charge in [0.05, 0.1) is 21.8 Å². The van der Waals surface area contributed by atoms with E-state index in [1.807, 2.05) is 6.92 Å². The highest BCUT2D eigenvalue weighted by atomic mass is 32.2. The van der Waals surface area contributed by atoms with E-state index in [0.29, 0.717) is 0 Å². The quantitative estimate of drug-likeness (QED) is 0.355. The molecule has 1 unspecified atom stereocenters. The third-order valence-electron chi connectivity index (χ3n) is 5.89. The molecule has 38 heavy (non-hydrogen) atoms. The molecule has 0 radical (unpaired) electrons. The molecule has 0 aliphatic carbocycles. The zero-order chi connectivity index (χ0) is 28.0. The van der Waals surface area contributed by atoms with Gasteiger partial charge in [-0.25, -0.2) is 22.4 Å². The highest BCUT2D eigenvalue weighted by Crippen LogP contribution is 2.47. The van der Waals surface area contributed by atoms with Crippen molar-refractivity contribution in [2.75, 3.05) is 9.21 Å². The first-order valence-electron chi connectivity index (χ1n) is 11.7. The van der Waals surface area contributed by atoms with Gasteiger partial charge in [0.25, 0.3) is 10.0 Å². The van der Waals surface area contributed by atoms with E-state index in [9.17, 15) is 26.4 Å². The lowest BCUT2D eigenvalue weighted by molar-refractivity contribution is -0.137. The van der Waals surface area contributed by atoms with Crippen molar-refractivity contribution in [2.24, 2.45) is 0 Å². The Labute approximate surface area is 220 Å². The van der Waals surface area contributed by atoms with E-state index >= 15 is 0 Å². The minimum atomic E-state index is -4.63. The first-order valence-corrected chi connectivity index (χ1v) is 13.1. The van der Waals surface area contributed by atoms with E-state index in [-0.39, 0.29) is 27.4 Å². The number of carbonyl (C=O) groups excluding carboxylic acids is 1. The fourth-order valence-corrected chi connectivity index (χ4v) is 5.76. The summed E-state index contributed by atoms with van der Waals surface area (Å²) in [4.78, 5) is 14.6. The van der Waals surface area contributed by atoms with Crippen LogP contribution in [-0.4, -0.2) is 26.3 Å². The second kappa shape index (κ2) is 9.50. The number of para-hydroxylation sites is 2. The number of alkyl halides is 3. The average Bonchev–Trinajstić information content (AvgIpc) is 3.18. The van der Waals surface area contributed by atoms with Crippen LogP contribution in [0.25, 0.3) is 5.57 Å². The van der Waals surface area contributed by atoms with Crippen LogP contribution in [0.1, 0.15) is 37.5 Å². The number of ether oxygens (including phenoxy) is 1. The van der Waals surface area contributed by atoms with Gasteiger partial charge in [0, 0.05) is 0 Å². The number of carbonyl (C=O) groups is 1. The molecule has 0 spiro atoms. The number of hydrogen-bond donors (Lipinski definition) is 0. The van der Waals surface area contributed by atoms with Crippen LogP contribution in [-0.2, 0) is 20.9 Å². The van der Waals surface area contributed by atoms with Gasteiger partial charge in [-0.05, 0) is 75.2 Å². The number of rotatable bonds is 4. The SMILES string of the molecule is C=C(c1cccc(C(F)(F)F)c1)C1N(C(=O)OC(C)(C)C)c2ccccc2N1S(=O)(=O)c1ccc(C)cc1. The van der Waals surface area contributed by atoms with Gasteiger partial charge in [-0.2, -0.15) is 13.2 Å². The normalized spacial score (nSPS) is 15.8. The lowest BCUT2D eigenvalue weighted by Crippen LogP contribution is -2.50. The van der Waals surface area contributed by atoms with Crippen LogP contribution in [0.3, 0.4) is 0 Å². The maximum Gasteiger partial charge on any atom is 0.416 e. The van der Waals surface area contributed by atoms with Gasteiger partial charge in [0.15, 0.2) is 6.17 Å². The first-order chi connectivity index (χ1) is 17.6. The molecule has 6 nitrogen and oxygen atoms in total. The summed E-state index contributed by atoms with van der Waals surface area (Å²) in [6.07, 6.45) is -6.94. The van der Waals surface area contributed by atoms with Crippen molar-refractivity contribution >= 4 is 33.1 Å². The highest BCUT2D eigenvalue weighted by Gasteiger charge is 2.48. The van der Waals surface area contributed by atoms with Crippen LogP contribution in [0.5, 0.6) is 0 Å². The second-order valence-corrected chi connectivity index (χ2v) is 11.7. The average molecular weight is 545 g/mol. The van der Waals surface area contributed by atoms with Crippen LogP contribution in [0.2, 0.25) is 0 Å². The molecule has 1 atom stereocenters. The minimum Gasteiger partial charge on any atom is -0.443 e. The number of amides is 1. The van der Waals surface area contributed by atoms with Crippen LogP contribution in [0.4, 0.5) is 29.3 Å². The van der Waals surface area contributed by atoms with Gasteiger partial charge < -0.3 is 4.74 Å². The molecule has 1 heterocycles. The molecule has 10 heteroatoms. The lowest BCUT2D eigenvalue weighted by Gasteiger charge is -2.34. The van der Waals surface area contributed by atoms with E-state index in [1.54, 1.807) is 51.1 Å². The van der Waals surface area contributed by atoms with Gasteiger partial charge in [-0.3, -0.25) is 0 Å². The van der Waals surface area contributed by atoms with Crippen molar-refractivity contribution in [3.8, 4) is 0 Å². The van der Waals surface area contributed by atoms with Crippen LogP contribution < -0.4 is 9.21 Å². The van der Waals surface area contributed by atoms with E-state index < -0.39 is 39.6 Å². The Morgan fingerprint density at radius 3 is 2.11 bits per heavy atom. The number of nitrogens with zero attached hydrogens (tertiary/aromatic N) is 2. The summed E-state index contributed by atoms with van der Waals surface area (Å²) in [7, 11) is -4.32. The van der Waals surface area contributed by atoms with Crippen LogP contribution >= 0.6 is 0 Å². The largest absolute Gasteiger partial charge is 0.443 e. The third kappa shape index (κ3) is 5.13. The molecule has 0 bridgehead atoms. The number of aryl methyl sites for hydroxylation is 1. The Kier molecular flexibility index (Phi) is 6.82. The molecule has 4 rings (SSSR count). The molecule has 0 saturated heterocycles. The number of anilines is 2. The number of hydrogen-bond acceptors (Lipinski definition) is 4. The lowest BCUT2D eigenvalue weighted by atomic mass is 10.0. The van der Waals surface area contributed by atoms with E-state index in [1.165, 1.54) is 30.3 Å². The smallest absolute Gasteiger partial charge is 0.416 e. The van der Waals surface area contributed by atoms with Crippen molar-refractivity contribution in [2.45, 2.75) is 50.5 Å². The molecule has 0 fully saturated rings. The van der Waals surface area contributed by atoms with Gasteiger partial charge in [-0.1, -0.05) is 48.5 Å². The summed E-state index contributed by atoms with van der Waals surface area (Å²) in [6, 6.07) is 16.9. The first kappa shape index (κ1) is 27.3. The third-order valence-corrected chi connectivity index (χ3v) is 7.67. The number of sulfonamides is 1. The summed E-state index contributed by atoms with van der Waals surface area (Å²) in [5.74, 6) is 0. The Morgan fingerprint density at radius 2 is 1.53 bits per heavy atom. The molecule has 0 aromatic heterocycles. The Morgan fingerprint density at radius 1 is 0.921 bits per heavy atom. The molecular weight excluding hydrogens is 517 g/mol. The predicted molar refractivity (Wildman–Crippen MR) is 140 cm³/mol. The zero-order valence-corrected chi connectivity index (χ0v) is 22.1. The van der Waals surface area contributed by atoms with Gasteiger partial charge in [0.1, 0.15) is 5.60 Å². The molecule has 0 N–H and O–H groups in total. The van der Waals surface area contributed by atoms with E-state index in [2.05, 4.69) is 6.58 Å². The fourth-order valence-electron chi connectivity index (χ4n) is 4.16. The van der Waals surface area contributed by atoms with Crippen molar-refractivity contribution < 1.29 is 31.1 Å².